The number of nitrogens with one attached hydrogen (secondary N) is 1. The number of fused-ring (bicyclic) bond motifs is 1. The van der Waals surface area contributed by atoms with Gasteiger partial charge in [0.2, 0.25) is 5.91 Å². The maximum atomic E-state index is 13.3. The van der Waals surface area contributed by atoms with Gasteiger partial charge in [-0.15, -0.1) is 0 Å². The van der Waals surface area contributed by atoms with E-state index < -0.39 is 0 Å². The quantitative estimate of drug-likeness (QED) is 0.672. The van der Waals surface area contributed by atoms with Crippen molar-refractivity contribution in [1.82, 2.24) is 9.88 Å². The van der Waals surface area contributed by atoms with E-state index in [1.165, 1.54) is 12.1 Å². The van der Waals surface area contributed by atoms with Crippen molar-refractivity contribution in [2.24, 2.45) is 0 Å². The molecule has 0 bridgehead atoms. The number of carbonyl (C=O) groups is 2. The molecule has 1 aromatic heterocycles. The normalized spacial score (nSPS) is 13.8. The maximum Gasteiger partial charge on any atom is 0.270 e. The molecular weight excluding hydrogens is 385 g/mol. The van der Waals surface area contributed by atoms with Gasteiger partial charge < -0.3 is 19.5 Å². The van der Waals surface area contributed by atoms with Crippen LogP contribution in [0.2, 0.25) is 0 Å². The number of hydrogen-bond donors (Lipinski definition) is 1. The molecule has 156 valence electrons. The summed E-state index contributed by atoms with van der Waals surface area (Å²) >= 11 is 0. The molecule has 4 rings (SSSR count). The molecule has 30 heavy (non-hydrogen) atoms. The third-order valence-corrected chi connectivity index (χ3v) is 5.48. The summed E-state index contributed by atoms with van der Waals surface area (Å²) in [4.78, 5) is 27.6. The first-order chi connectivity index (χ1) is 14.5. The molecule has 1 N–H and O–H groups in total. The highest BCUT2D eigenvalue weighted by Crippen LogP contribution is 2.38. The van der Waals surface area contributed by atoms with Crippen molar-refractivity contribution >= 4 is 28.4 Å². The molecule has 6 nitrogen and oxygen atoms in total. The summed E-state index contributed by atoms with van der Waals surface area (Å²) in [7, 11) is 1.59. The fraction of sp³-hybridized carbons (Fsp3) is 0.304. The fourth-order valence-electron chi connectivity index (χ4n) is 4.03. The van der Waals surface area contributed by atoms with Gasteiger partial charge in [0.1, 0.15) is 17.3 Å². The highest BCUT2D eigenvalue weighted by Gasteiger charge is 2.31. The van der Waals surface area contributed by atoms with Gasteiger partial charge in [-0.1, -0.05) is 12.1 Å². The molecule has 0 atom stereocenters. The Balaban J connectivity index is 1.79. The first-order valence-corrected chi connectivity index (χ1v) is 10.1. The second-order valence-corrected chi connectivity index (χ2v) is 7.28. The van der Waals surface area contributed by atoms with E-state index in [2.05, 4.69) is 5.32 Å². The lowest BCUT2D eigenvalue weighted by Gasteiger charge is -2.18. The van der Waals surface area contributed by atoms with Crippen LogP contribution in [0.4, 0.5) is 10.1 Å². The molecule has 1 aliphatic rings. The molecule has 0 aliphatic carbocycles. The van der Waals surface area contributed by atoms with E-state index in [-0.39, 0.29) is 24.2 Å². The minimum atomic E-state index is -0.319. The third kappa shape index (κ3) is 3.51. The monoisotopic (exact) mass is 409 g/mol. The average Bonchev–Trinajstić information content (AvgIpc) is 3.32. The van der Waals surface area contributed by atoms with Gasteiger partial charge in [-0.05, 0) is 49.2 Å². The largest absolute Gasteiger partial charge is 0.497 e. The minimum absolute atomic E-state index is 0.0144. The highest BCUT2D eigenvalue weighted by atomic mass is 19.1. The van der Waals surface area contributed by atoms with Gasteiger partial charge in [-0.2, -0.15) is 0 Å². The Kier molecular flexibility index (Phi) is 5.44. The molecule has 2 heterocycles. The smallest absolute Gasteiger partial charge is 0.270 e. The zero-order valence-corrected chi connectivity index (χ0v) is 17.1. The Morgan fingerprint density at radius 3 is 2.60 bits per heavy atom. The van der Waals surface area contributed by atoms with Gasteiger partial charge in [-0.3, -0.25) is 9.59 Å². The number of aromatic nitrogens is 1. The number of aryl methyl sites for hydroxylation is 1. The van der Waals surface area contributed by atoms with E-state index >= 15 is 0 Å². The van der Waals surface area contributed by atoms with Crippen molar-refractivity contribution in [3.8, 4) is 5.75 Å². The fourth-order valence-corrected chi connectivity index (χ4v) is 4.03. The molecule has 7 heteroatoms. The number of nitrogens with zero attached hydrogens (tertiary/aromatic N) is 2. The molecule has 2 aromatic carbocycles. The van der Waals surface area contributed by atoms with Crippen molar-refractivity contribution in [3.63, 3.8) is 0 Å². The summed E-state index contributed by atoms with van der Waals surface area (Å²) in [6.07, 6.45) is 1.23. The van der Waals surface area contributed by atoms with Crippen LogP contribution in [0.1, 0.15) is 35.8 Å². The summed E-state index contributed by atoms with van der Waals surface area (Å²) in [5.41, 5.74) is 2.76. The van der Waals surface area contributed by atoms with Crippen LogP contribution in [-0.4, -0.2) is 30.0 Å². The van der Waals surface area contributed by atoms with Gasteiger partial charge >= 0.3 is 0 Å². The third-order valence-electron chi connectivity index (χ3n) is 5.48. The first kappa shape index (κ1) is 19.9. The molecule has 0 unspecified atom stereocenters. The molecule has 0 saturated carbocycles. The van der Waals surface area contributed by atoms with Crippen LogP contribution >= 0.6 is 0 Å². The number of carbonyl (C=O) groups excluding carboxylic acids is 2. The number of halogens is 1. The highest BCUT2D eigenvalue weighted by molar-refractivity contribution is 6.14. The van der Waals surface area contributed by atoms with Crippen LogP contribution in [0.5, 0.6) is 5.75 Å². The molecule has 2 amide bonds. The topological polar surface area (TPSA) is 63.6 Å². The van der Waals surface area contributed by atoms with E-state index in [0.29, 0.717) is 36.6 Å². The van der Waals surface area contributed by atoms with E-state index in [4.69, 9.17) is 4.74 Å². The average molecular weight is 409 g/mol. The molecule has 1 fully saturated rings. The molecular formula is C23H24FN3O3. The second-order valence-electron chi connectivity index (χ2n) is 7.28. The van der Waals surface area contributed by atoms with Crippen LogP contribution in [0.3, 0.4) is 0 Å². The van der Waals surface area contributed by atoms with Crippen molar-refractivity contribution in [2.75, 3.05) is 18.6 Å². The zero-order chi connectivity index (χ0) is 21.3. The maximum absolute atomic E-state index is 13.3. The Bertz CT molecular complexity index is 1110. The predicted molar refractivity (Wildman–Crippen MR) is 113 cm³/mol. The second kappa shape index (κ2) is 8.18. The van der Waals surface area contributed by atoms with E-state index in [1.54, 1.807) is 24.1 Å². The summed E-state index contributed by atoms with van der Waals surface area (Å²) in [5.74, 6) is 0.0912. The Labute approximate surface area is 174 Å². The van der Waals surface area contributed by atoms with Crippen LogP contribution in [-0.2, 0) is 17.9 Å². The molecule has 0 radical (unpaired) electrons. The number of benzene rings is 2. The zero-order valence-electron chi connectivity index (χ0n) is 17.1. The van der Waals surface area contributed by atoms with E-state index in [1.807, 2.05) is 29.7 Å². The molecule has 1 saturated heterocycles. The lowest BCUT2D eigenvalue weighted by molar-refractivity contribution is -0.117. The number of ether oxygens (including phenoxy) is 1. The Hall–Kier alpha value is -3.35. The number of rotatable bonds is 6. The Morgan fingerprint density at radius 1 is 1.20 bits per heavy atom. The van der Waals surface area contributed by atoms with Crippen molar-refractivity contribution < 1.29 is 18.7 Å². The number of amides is 2. The van der Waals surface area contributed by atoms with Gasteiger partial charge in [0.05, 0.1) is 18.3 Å². The first-order valence-electron chi connectivity index (χ1n) is 10.1. The summed E-state index contributed by atoms with van der Waals surface area (Å²) in [5, 5.41) is 3.74. The van der Waals surface area contributed by atoms with Gasteiger partial charge in [-0.25, -0.2) is 4.39 Å². The molecule has 1 aliphatic heterocycles. The van der Waals surface area contributed by atoms with Crippen molar-refractivity contribution in [3.05, 3.63) is 59.5 Å². The van der Waals surface area contributed by atoms with E-state index in [0.717, 1.165) is 22.9 Å². The summed E-state index contributed by atoms with van der Waals surface area (Å²) in [6.45, 7) is 3.39. The Morgan fingerprint density at radius 2 is 1.97 bits per heavy atom. The predicted octanol–water partition coefficient (Wildman–Crippen LogP) is 3.87. The van der Waals surface area contributed by atoms with Crippen molar-refractivity contribution in [1.29, 1.82) is 0 Å². The van der Waals surface area contributed by atoms with Crippen molar-refractivity contribution in [2.45, 2.75) is 32.9 Å². The summed E-state index contributed by atoms with van der Waals surface area (Å²) in [6, 6.07) is 11.7. The van der Waals surface area contributed by atoms with Gasteiger partial charge in [0, 0.05) is 31.4 Å². The molecule has 0 spiro atoms. The van der Waals surface area contributed by atoms with Gasteiger partial charge in [0.25, 0.3) is 5.91 Å². The van der Waals surface area contributed by atoms with Crippen LogP contribution in [0.15, 0.2) is 42.5 Å². The number of anilines is 1. The number of hydrogen-bond acceptors (Lipinski definition) is 3. The van der Waals surface area contributed by atoms with E-state index in [9.17, 15) is 14.0 Å². The lowest BCUT2D eigenvalue weighted by Crippen LogP contribution is -2.30. The minimum Gasteiger partial charge on any atom is -0.497 e. The number of methoxy groups -OCH3 is 1. The summed E-state index contributed by atoms with van der Waals surface area (Å²) < 4.78 is 20.5. The lowest BCUT2D eigenvalue weighted by atomic mass is 10.1. The van der Waals surface area contributed by atoms with Crippen LogP contribution < -0.4 is 15.0 Å². The standard InChI is InChI=1S/C23H24FN3O3/c1-3-26-19-11-10-17(30-2)13-18(19)21(27-12-4-5-20(27)28)22(26)23(29)25-14-15-6-8-16(24)9-7-15/h6-11,13H,3-5,12,14H2,1-2H3,(H,25,29). The van der Waals surface area contributed by atoms with Gasteiger partial charge in [0.15, 0.2) is 0 Å². The van der Waals surface area contributed by atoms with Crippen LogP contribution in [0.25, 0.3) is 10.9 Å². The molecule has 3 aromatic rings. The van der Waals surface area contributed by atoms with Crippen LogP contribution in [0, 0.1) is 5.82 Å². The SMILES string of the molecule is CCn1c(C(=O)NCc2ccc(F)cc2)c(N2CCCC2=O)c2cc(OC)ccc21.